The topological polar surface area (TPSA) is 104 Å². The number of nitrogens with one attached hydrogen (secondary N) is 1. The average Bonchev–Trinajstić information content (AvgIpc) is 2.96. The van der Waals surface area contributed by atoms with Crippen molar-refractivity contribution in [3.63, 3.8) is 0 Å². The van der Waals surface area contributed by atoms with Crippen molar-refractivity contribution in [3.8, 4) is 29.3 Å². The summed E-state index contributed by atoms with van der Waals surface area (Å²) in [6.07, 6.45) is 2.69. The first kappa shape index (κ1) is 17.3. The molecule has 0 unspecified atom stereocenters. The first-order chi connectivity index (χ1) is 12.6. The van der Waals surface area contributed by atoms with Gasteiger partial charge < -0.3 is 14.8 Å². The van der Waals surface area contributed by atoms with Gasteiger partial charge in [0.2, 0.25) is 11.8 Å². The number of H-pyrrole nitrogens is 1. The number of hydrogen-bond acceptors (Lipinski definition) is 5. The molecule has 0 fully saturated rings. The predicted octanol–water partition coefficient (Wildman–Crippen LogP) is 3.05. The summed E-state index contributed by atoms with van der Waals surface area (Å²) in [4.78, 5) is 18.8. The zero-order valence-electron chi connectivity index (χ0n) is 14.5. The van der Waals surface area contributed by atoms with E-state index in [4.69, 9.17) is 10.00 Å². The van der Waals surface area contributed by atoms with E-state index in [-0.39, 0.29) is 5.88 Å². The fraction of sp³-hybridized carbons (Fsp3) is 0.211. The monoisotopic (exact) mass is 350 g/mol. The first-order valence-electron chi connectivity index (χ1n) is 8.27. The molecule has 7 heteroatoms. The fourth-order valence-corrected chi connectivity index (χ4v) is 2.68. The van der Waals surface area contributed by atoms with Gasteiger partial charge in [0, 0.05) is 6.07 Å². The molecule has 2 heterocycles. The number of aryl methyl sites for hydroxylation is 2. The predicted molar refractivity (Wildman–Crippen MR) is 95.8 cm³/mol. The standard InChI is InChI=1S/C19H18N4O3/c1-3-12-9-15(7-5-13(12)10-20)26-17-8-6-14(11-21-17)23-18(24)16(4-2)22-19(23)25/h5-9,11,24H,3-4H2,1-2H3,(H,22,25). The van der Waals surface area contributed by atoms with Gasteiger partial charge >= 0.3 is 5.69 Å². The number of nitriles is 1. The number of ether oxygens (including phenoxy) is 1. The van der Waals surface area contributed by atoms with Crippen molar-refractivity contribution in [2.24, 2.45) is 0 Å². The van der Waals surface area contributed by atoms with Crippen LogP contribution in [0.4, 0.5) is 0 Å². The SMILES string of the molecule is CCc1cc(Oc2ccc(-n3c(O)c(CC)[nH]c3=O)cn2)ccc1C#N. The van der Waals surface area contributed by atoms with Gasteiger partial charge in [0.15, 0.2) is 0 Å². The average molecular weight is 350 g/mol. The Balaban J connectivity index is 1.86. The first-order valence-corrected chi connectivity index (χ1v) is 8.27. The Kier molecular flexibility index (Phi) is 4.76. The van der Waals surface area contributed by atoms with Crippen LogP contribution in [0.5, 0.6) is 17.5 Å². The van der Waals surface area contributed by atoms with Crippen molar-refractivity contribution in [1.29, 1.82) is 5.26 Å². The van der Waals surface area contributed by atoms with E-state index < -0.39 is 5.69 Å². The Bertz CT molecular complexity index is 1030. The number of nitrogens with zero attached hydrogens (tertiary/aromatic N) is 3. The third-order valence-electron chi connectivity index (χ3n) is 4.08. The molecule has 0 aliphatic heterocycles. The van der Waals surface area contributed by atoms with Crippen molar-refractivity contribution >= 4 is 0 Å². The Hall–Kier alpha value is -3.53. The molecule has 0 amide bonds. The highest BCUT2D eigenvalue weighted by molar-refractivity contribution is 5.44. The highest BCUT2D eigenvalue weighted by Crippen LogP contribution is 2.24. The van der Waals surface area contributed by atoms with E-state index in [1.165, 1.54) is 6.20 Å². The number of aromatic nitrogens is 3. The Morgan fingerprint density at radius 1 is 1.27 bits per heavy atom. The van der Waals surface area contributed by atoms with Crippen LogP contribution in [0, 0.1) is 11.3 Å². The lowest BCUT2D eigenvalue weighted by Gasteiger charge is -2.08. The van der Waals surface area contributed by atoms with Gasteiger partial charge in [0.25, 0.3) is 0 Å². The Morgan fingerprint density at radius 2 is 2.08 bits per heavy atom. The number of pyridine rings is 1. The Morgan fingerprint density at radius 3 is 2.65 bits per heavy atom. The molecule has 0 bridgehead atoms. The maximum Gasteiger partial charge on any atom is 0.333 e. The van der Waals surface area contributed by atoms with Gasteiger partial charge in [0.1, 0.15) is 5.75 Å². The number of imidazole rings is 1. The molecule has 3 aromatic rings. The zero-order chi connectivity index (χ0) is 18.7. The summed E-state index contributed by atoms with van der Waals surface area (Å²) in [5.41, 5.74) is 2.01. The summed E-state index contributed by atoms with van der Waals surface area (Å²) in [6, 6.07) is 10.6. The van der Waals surface area contributed by atoms with E-state index >= 15 is 0 Å². The minimum atomic E-state index is -0.422. The van der Waals surface area contributed by atoms with Gasteiger partial charge in [-0.3, -0.25) is 0 Å². The second-order valence-corrected chi connectivity index (χ2v) is 5.66. The van der Waals surface area contributed by atoms with Gasteiger partial charge in [-0.05, 0) is 42.7 Å². The summed E-state index contributed by atoms with van der Waals surface area (Å²) in [7, 11) is 0. The molecule has 132 valence electrons. The van der Waals surface area contributed by atoms with Crippen molar-refractivity contribution in [3.05, 3.63) is 63.8 Å². The third-order valence-corrected chi connectivity index (χ3v) is 4.08. The second kappa shape index (κ2) is 7.15. The largest absolute Gasteiger partial charge is 0.493 e. The van der Waals surface area contributed by atoms with Crippen molar-refractivity contribution < 1.29 is 9.84 Å². The molecule has 0 saturated carbocycles. The summed E-state index contributed by atoms with van der Waals surface area (Å²) in [5, 5.41) is 19.2. The highest BCUT2D eigenvalue weighted by Gasteiger charge is 2.13. The highest BCUT2D eigenvalue weighted by atomic mass is 16.5. The minimum absolute atomic E-state index is 0.118. The van der Waals surface area contributed by atoms with Crippen molar-refractivity contribution in [2.75, 3.05) is 0 Å². The summed E-state index contributed by atoms with van der Waals surface area (Å²) in [5.74, 6) is 0.808. The van der Waals surface area contributed by atoms with Gasteiger partial charge in [-0.2, -0.15) is 5.26 Å². The van der Waals surface area contributed by atoms with E-state index in [0.29, 0.717) is 35.0 Å². The molecular weight excluding hydrogens is 332 g/mol. The van der Waals surface area contributed by atoms with Crippen LogP contribution < -0.4 is 10.4 Å². The molecule has 0 aliphatic carbocycles. The van der Waals surface area contributed by atoms with Gasteiger partial charge in [0.05, 0.1) is 29.2 Å². The van der Waals surface area contributed by atoms with Crippen LogP contribution in [0.15, 0.2) is 41.3 Å². The number of rotatable bonds is 5. The van der Waals surface area contributed by atoms with Crippen LogP contribution in [-0.4, -0.2) is 19.6 Å². The summed E-state index contributed by atoms with van der Waals surface area (Å²) >= 11 is 0. The molecule has 0 spiro atoms. The molecule has 0 radical (unpaired) electrons. The molecule has 2 aromatic heterocycles. The molecule has 0 atom stereocenters. The third kappa shape index (κ3) is 3.17. The van der Waals surface area contributed by atoms with E-state index in [1.54, 1.807) is 24.3 Å². The molecule has 1 aromatic carbocycles. The molecule has 0 aliphatic rings. The van der Waals surface area contributed by atoms with E-state index in [0.717, 1.165) is 16.6 Å². The van der Waals surface area contributed by atoms with Crippen LogP contribution in [0.25, 0.3) is 5.69 Å². The lowest BCUT2D eigenvalue weighted by molar-refractivity contribution is 0.434. The van der Waals surface area contributed by atoms with E-state index in [9.17, 15) is 9.90 Å². The van der Waals surface area contributed by atoms with Gasteiger partial charge in [-0.15, -0.1) is 0 Å². The lowest BCUT2D eigenvalue weighted by Crippen LogP contribution is -2.14. The molecule has 2 N–H and O–H groups in total. The Labute approximate surface area is 150 Å². The number of benzene rings is 1. The van der Waals surface area contributed by atoms with Crippen molar-refractivity contribution in [2.45, 2.75) is 26.7 Å². The van der Waals surface area contributed by atoms with Crippen LogP contribution in [0.3, 0.4) is 0 Å². The second-order valence-electron chi connectivity index (χ2n) is 5.66. The molecule has 26 heavy (non-hydrogen) atoms. The maximum atomic E-state index is 12.0. The zero-order valence-corrected chi connectivity index (χ0v) is 14.5. The van der Waals surface area contributed by atoms with Gasteiger partial charge in [-0.25, -0.2) is 14.3 Å². The molecular formula is C19H18N4O3. The number of hydrogen-bond donors (Lipinski definition) is 2. The van der Waals surface area contributed by atoms with E-state index in [1.807, 2.05) is 19.9 Å². The smallest absolute Gasteiger partial charge is 0.333 e. The minimum Gasteiger partial charge on any atom is -0.493 e. The molecule has 0 saturated heterocycles. The fourth-order valence-electron chi connectivity index (χ4n) is 2.68. The van der Waals surface area contributed by atoms with Gasteiger partial charge in [-0.1, -0.05) is 13.8 Å². The normalized spacial score (nSPS) is 10.5. The van der Waals surface area contributed by atoms with Crippen LogP contribution in [0.2, 0.25) is 0 Å². The maximum absolute atomic E-state index is 12.0. The summed E-state index contributed by atoms with van der Waals surface area (Å²) in [6.45, 7) is 3.81. The molecule has 3 rings (SSSR count). The summed E-state index contributed by atoms with van der Waals surface area (Å²) < 4.78 is 6.88. The van der Waals surface area contributed by atoms with E-state index in [2.05, 4.69) is 16.0 Å². The van der Waals surface area contributed by atoms with Crippen LogP contribution in [0.1, 0.15) is 30.7 Å². The van der Waals surface area contributed by atoms with Crippen molar-refractivity contribution in [1.82, 2.24) is 14.5 Å². The van der Waals surface area contributed by atoms with Crippen LogP contribution in [-0.2, 0) is 12.8 Å². The van der Waals surface area contributed by atoms with Crippen LogP contribution >= 0.6 is 0 Å². The number of aromatic hydroxyl groups is 1. The number of aromatic amines is 1. The quantitative estimate of drug-likeness (QED) is 0.736. The molecule has 7 nitrogen and oxygen atoms in total. The lowest BCUT2D eigenvalue weighted by atomic mass is 10.1.